The van der Waals surface area contributed by atoms with Gasteiger partial charge in [-0.2, -0.15) is 0 Å². The first kappa shape index (κ1) is 16.9. The minimum absolute atomic E-state index is 0.175. The van der Waals surface area contributed by atoms with Crippen LogP contribution in [0.1, 0.15) is 19.4 Å². The molecular formula is C15H21FN2O3. The number of amides is 2. The van der Waals surface area contributed by atoms with Gasteiger partial charge in [0.15, 0.2) is 0 Å². The topological polar surface area (TPSA) is 69.6 Å². The maximum absolute atomic E-state index is 12.8. The van der Waals surface area contributed by atoms with Gasteiger partial charge in [0.05, 0.1) is 5.92 Å². The van der Waals surface area contributed by atoms with Crippen molar-refractivity contribution in [3.63, 3.8) is 0 Å². The van der Waals surface area contributed by atoms with Gasteiger partial charge < -0.3 is 15.3 Å². The molecular weight excluding hydrogens is 275 g/mol. The number of hydrogen-bond donors (Lipinski definition) is 2. The lowest BCUT2D eigenvalue weighted by Crippen LogP contribution is -2.43. The van der Waals surface area contributed by atoms with Crippen molar-refractivity contribution in [2.75, 3.05) is 19.6 Å². The molecule has 0 aliphatic rings. The van der Waals surface area contributed by atoms with Crippen LogP contribution < -0.4 is 5.32 Å². The molecule has 0 saturated heterocycles. The quantitative estimate of drug-likeness (QED) is 0.809. The predicted octanol–water partition coefficient (Wildman–Crippen LogP) is 2.12. The van der Waals surface area contributed by atoms with Crippen LogP contribution in [0.2, 0.25) is 0 Å². The molecule has 0 aliphatic heterocycles. The summed E-state index contributed by atoms with van der Waals surface area (Å²) in [6.45, 7) is 4.40. The molecule has 0 aromatic heterocycles. The Bertz CT molecular complexity index is 476. The molecule has 0 saturated carbocycles. The van der Waals surface area contributed by atoms with E-state index in [1.54, 1.807) is 26.0 Å². The van der Waals surface area contributed by atoms with Crippen molar-refractivity contribution in [1.29, 1.82) is 0 Å². The normalized spacial score (nSPS) is 11.8. The fraction of sp³-hybridized carbons (Fsp3) is 0.467. The van der Waals surface area contributed by atoms with Gasteiger partial charge in [0.2, 0.25) is 0 Å². The summed E-state index contributed by atoms with van der Waals surface area (Å²) in [6, 6.07) is 5.82. The highest BCUT2D eigenvalue weighted by Crippen LogP contribution is 2.04. The molecule has 2 N–H and O–H groups in total. The lowest BCUT2D eigenvalue weighted by atomic mass is 10.1. The van der Waals surface area contributed by atoms with Crippen molar-refractivity contribution >= 4 is 12.0 Å². The van der Waals surface area contributed by atoms with Crippen LogP contribution in [-0.4, -0.2) is 41.6 Å². The molecule has 1 rings (SSSR count). The number of carboxylic acid groups (broad SMARTS) is 1. The van der Waals surface area contributed by atoms with Crippen molar-refractivity contribution in [3.8, 4) is 0 Å². The standard InChI is InChI=1S/C15H21FN2O3/c1-3-18(10-11(2)14(19)20)15(21)17-9-8-12-4-6-13(16)7-5-12/h4-7,11H,3,8-10H2,1-2H3,(H,17,21)(H,19,20). The van der Waals surface area contributed by atoms with Crippen LogP contribution in [0.15, 0.2) is 24.3 Å². The van der Waals surface area contributed by atoms with Gasteiger partial charge >= 0.3 is 12.0 Å². The highest BCUT2D eigenvalue weighted by atomic mass is 19.1. The zero-order valence-corrected chi connectivity index (χ0v) is 12.3. The molecule has 0 bridgehead atoms. The molecule has 5 nitrogen and oxygen atoms in total. The Morgan fingerprint density at radius 2 is 1.95 bits per heavy atom. The third-order valence-corrected chi connectivity index (χ3v) is 3.19. The average Bonchev–Trinajstić information content (AvgIpc) is 2.46. The Kier molecular flexibility index (Phi) is 6.65. The molecule has 1 aromatic carbocycles. The molecule has 0 radical (unpaired) electrons. The smallest absolute Gasteiger partial charge is 0.317 e. The second kappa shape index (κ2) is 8.24. The third kappa shape index (κ3) is 5.81. The number of carbonyl (C=O) groups excluding carboxylic acids is 1. The van der Waals surface area contributed by atoms with E-state index in [1.165, 1.54) is 17.0 Å². The van der Waals surface area contributed by atoms with Gasteiger partial charge in [-0.1, -0.05) is 19.1 Å². The number of urea groups is 1. The zero-order valence-electron chi connectivity index (χ0n) is 12.3. The van der Waals surface area contributed by atoms with E-state index in [2.05, 4.69) is 5.32 Å². The van der Waals surface area contributed by atoms with E-state index in [0.717, 1.165) is 5.56 Å². The van der Waals surface area contributed by atoms with Gasteiger partial charge in [0.25, 0.3) is 0 Å². The lowest BCUT2D eigenvalue weighted by molar-refractivity contribution is -0.141. The molecule has 0 heterocycles. The van der Waals surface area contributed by atoms with Gasteiger partial charge in [0.1, 0.15) is 5.82 Å². The van der Waals surface area contributed by atoms with Gasteiger partial charge in [-0.15, -0.1) is 0 Å². The van der Waals surface area contributed by atoms with E-state index in [-0.39, 0.29) is 18.4 Å². The van der Waals surface area contributed by atoms with Crippen LogP contribution in [0.3, 0.4) is 0 Å². The fourth-order valence-electron chi connectivity index (χ4n) is 1.84. The van der Waals surface area contributed by atoms with Crippen LogP contribution in [0, 0.1) is 11.7 Å². The second-order valence-corrected chi connectivity index (χ2v) is 4.89. The van der Waals surface area contributed by atoms with Crippen LogP contribution in [0.4, 0.5) is 9.18 Å². The van der Waals surface area contributed by atoms with E-state index in [0.29, 0.717) is 19.5 Å². The van der Waals surface area contributed by atoms with Crippen molar-refractivity contribution in [1.82, 2.24) is 10.2 Å². The van der Waals surface area contributed by atoms with Crippen molar-refractivity contribution in [2.24, 2.45) is 5.92 Å². The first-order valence-corrected chi connectivity index (χ1v) is 6.94. The number of carbonyl (C=O) groups is 2. The maximum Gasteiger partial charge on any atom is 0.317 e. The minimum atomic E-state index is -0.924. The lowest BCUT2D eigenvalue weighted by Gasteiger charge is -2.23. The van der Waals surface area contributed by atoms with E-state index in [4.69, 9.17) is 5.11 Å². The maximum atomic E-state index is 12.8. The van der Waals surface area contributed by atoms with Crippen LogP contribution >= 0.6 is 0 Å². The highest BCUT2D eigenvalue weighted by Gasteiger charge is 2.18. The average molecular weight is 296 g/mol. The summed E-state index contributed by atoms with van der Waals surface area (Å²) in [4.78, 5) is 24.2. The highest BCUT2D eigenvalue weighted by molar-refractivity contribution is 5.75. The Labute approximate surface area is 123 Å². The summed E-state index contributed by atoms with van der Waals surface area (Å²) < 4.78 is 12.8. The fourth-order valence-corrected chi connectivity index (χ4v) is 1.84. The molecule has 1 unspecified atom stereocenters. The van der Waals surface area contributed by atoms with Gasteiger partial charge in [-0.05, 0) is 31.0 Å². The van der Waals surface area contributed by atoms with E-state index >= 15 is 0 Å². The minimum Gasteiger partial charge on any atom is -0.481 e. The Morgan fingerprint density at radius 3 is 2.48 bits per heavy atom. The summed E-state index contributed by atoms with van der Waals surface area (Å²) in [6.07, 6.45) is 0.595. The number of halogens is 1. The van der Waals surface area contributed by atoms with Crippen LogP contribution in [0.5, 0.6) is 0 Å². The zero-order chi connectivity index (χ0) is 15.8. The summed E-state index contributed by atoms with van der Waals surface area (Å²) >= 11 is 0. The van der Waals surface area contributed by atoms with Crippen molar-refractivity contribution in [2.45, 2.75) is 20.3 Å². The molecule has 6 heteroatoms. The Balaban J connectivity index is 2.40. The van der Waals surface area contributed by atoms with Crippen LogP contribution in [0.25, 0.3) is 0 Å². The van der Waals surface area contributed by atoms with Crippen LogP contribution in [-0.2, 0) is 11.2 Å². The SMILES string of the molecule is CCN(CC(C)C(=O)O)C(=O)NCCc1ccc(F)cc1. The first-order chi connectivity index (χ1) is 9.93. The van der Waals surface area contributed by atoms with Crippen molar-refractivity contribution < 1.29 is 19.1 Å². The summed E-state index contributed by atoms with van der Waals surface area (Å²) in [5.41, 5.74) is 0.929. The number of benzene rings is 1. The number of carboxylic acids is 1. The molecule has 0 fully saturated rings. The predicted molar refractivity (Wildman–Crippen MR) is 77.5 cm³/mol. The van der Waals surface area contributed by atoms with E-state index in [1.807, 2.05) is 0 Å². The third-order valence-electron chi connectivity index (χ3n) is 3.19. The van der Waals surface area contributed by atoms with Gasteiger partial charge in [-0.3, -0.25) is 4.79 Å². The summed E-state index contributed by atoms with van der Waals surface area (Å²) in [5, 5.41) is 11.6. The summed E-state index contributed by atoms with van der Waals surface area (Å²) in [5.74, 6) is -1.82. The largest absolute Gasteiger partial charge is 0.481 e. The number of aliphatic carboxylic acids is 1. The molecule has 1 atom stereocenters. The van der Waals surface area contributed by atoms with E-state index < -0.39 is 11.9 Å². The Hall–Kier alpha value is -2.11. The molecule has 0 aliphatic carbocycles. The molecule has 2 amide bonds. The number of rotatable bonds is 7. The molecule has 21 heavy (non-hydrogen) atoms. The molecule has 1 aromatic rings. The molecule has 0 spiro atoms. The second-order valence-electron chi connectivity index (χ2n) is 4.89. The van der Waals surface area contributed by atoms with E-state index in [9.17, 15) is 14.0 Å². The first-order valence-electron chi connectivity index (χ1n) is 6.94. The van der Waals surface area contributed by atoms with Gasteiger partial charge in [-0.25, -0.2) is 9.18 Å². The number of nitrogens with zero attached hydrogens (tertiary/aromatic N) is 1. The Morgan fingerprint density at radius 1 is 1.33 bits per heavy atom. The number of hydrogen-bond acceptors (Lipinski definition) is 2. The monoisotopic (exact) mass is 296 g/mol. The van der Waals surface area contributed by atoms with Gasteiger partial charge in [0, 0.05) is 19.6 Å². The van der Waals surface area contributed by atoms with Crippen molar-refractivity contribution in [3.05, 3.63) is 35.6 Å². The number of nitrogens with one attached hydrogen (secondary N) is 1. The summed E-state index contributed by atoms with van der Waals surface area (Å²) in [7, 11) is 0. The molecule has 116 valence electrons.